The van der Waals surface area contributed by atoms with Crippen molar-refractivity contribution in [3.05, 3.63) is 12.8 Å². The summed E-state index contributed by atoms with van der Waals surface area (Å²) in [5, 5.41) is 0. The summed E-state index contributed by atoms with van der Waals surface area (Å²) in [6.07, 6.45) is 4.41. The fourth-order valence-electron chi connectivity index (χ4n) is 0.944. The molecule has 66 valence electrons. The highest BCUT2D eigenvalue weighted by Crippen LogP contribution is 1.95. The summed E-state index contributed by atoms with van der Waals surface area (Å²) in [5.41, 5.74) is 0. The molecule has 0 aromatic heterocycles. The summed E-state index contributed by atoms with van der Waals surface area (Å²) in [7, 11) is 4.14. The topological polar surface area (TPSA) is 6.48 Å². The Morgan fingerprint density at radius 1 is 1.36 bits per heavy atom. The maximum Gasteiger partial charge on any atom is 0.0696 e. The zero-order chi connectivity index (χ0) is 8.69. The van der Waals surface area contributed by atoms with Crippen LogP contribution in [0.1, 0.15) is 19.8 Å². The lowest BCUT2D eigenvalue weighted by Gasteiger charge is -2.23. The Kier molecular flexibility index (Phi) is 5.94. The fourth-order valence-corrected chi connectivity index (χ4v) is 0.944. The van der Waals surface area contributed by atoms with Crippen LogP contribution in [0.4, 0.5) is 0 Å². The van der Waals surface area contributed by atoms with Gasteiger partial charge >= 0.3 is 0 Å². The predicted octanol–water partition coefficient (Wildman–Crippen LogP) is 1.75. The molecular formula is C9H20N2. The molecule has 0 aliphatic carbocycles. The highest BCUT2D eigenvalue weighted by molar-refractivity contribution is 4.69. The Bertz CT molecular complexity index is 99.7. The SMILES string of the molecule is C=CN(CCCC)CN(C)C. The smallest absolute Gasteiger partial charge is 0.0696 e. The largest absolute Gasteiger partial charge is 0.365 e. The van der Waals surface area contributed by atoms with E-state index >= 15 is 0 Å². The number of hydrogen-bond acceptors (Lipinski definition) is 2. The van der Waals surface area contributed by atoms with Gasteiger partial charge in [0.1, 0.15) is 0 Å². The molecule has 0 fully saturated rings. The molecule has 0 aromatic carbocycles. The average molecular weight is 156 g/mol. The molecule has 0 spiro atoms. The number of unbranched alkanes of at least 4 members (excludes halogenated alkanes) is 1. The summed E-state index contributed by atoms with van der Waals surface area (Å²) in [6, 6.07) is 0. The maximum absolute atomic E-state index is 3.77. The van der Waals surface area contributed by atoms with E-state index in [0.29, 0.717) is 0 Å². The zero-order valence-corrected chi connectivity index (χ0v) is 8.01. The number of rotatable bonds is 6. The minimum absolute atomic E-state index is 0.976. The van der Waals surface area contributed by atoms with E-state index in [2.05, 4.69) is 37.4 Å². The van der Waals surface area contributed by atoms with Gasteiger partial charge < -0.3 is 4.90 Å². The Morgan fingerprint density at radius 2 is 2.00 bits per heavy atom. The summed E-state index contributed by atoms with van der Waals surface area (Å²) in [5.74, 6) is 0. The third-order valence-electron chi connectivity index (χ3n) is 1.52. The Morgan fingerprint density at radius 3 is 2.36 bits per heavy atom. The van der Waals surface area contributed by atoms with Gasteiger partial charge in [-0.25, -0.2) is 0 Å². The van der Waals surface area contributed by atoms with Crippen molar-refractivity contribution in [1.29, 1.82) is 0 Å². The third kappa shape index (κ3) is 5.92. The van der Waals surface area contributed by atoms with E-state index in [1.54, 1.807) is 0 Å². The van der Waals surface area contributed by atoms with Gasteiger partial charge in [-0.2, -0.15) is 0 Å². The second kappa shape index (κ2) is 6.23. The van der Waals surface area contributed by atoms with Gasteiger partial charge in [-0.1, -0.05) is 19.9 Å². The lowest BCUT2D eigenvalue weighted by Crippen LogP contribution is -2.29. The molecule has 2 nitrogen and oxygen atoms in total. The van der Waals surface area contributed by atoms with Crippen LogP contribution in [0.3, 0.4) is 0 Å². The van der Waals surface area contributed by atoms with Gasteiger partial charge in [0.15, 0.2) is 0 Å². The van der Waals surface area contributed by atoms with E-state index in [1.807, 2.05) is 6.20 Å². The first-order valence-electron chi connectivity index (χ1n) is 4.22. The van der Waals surface area contributed by atoms with Crippen LogP contribution in [0, 0.1) is 0 Å². The Labute approximate surface area is 70.5 Å². The first-order valence-corrected chi connectivity index (χ1v) is 4.22. The standard InChI is InChI=1S/C9H20N2/c1-5-7-8-11(6-2)9-10(3)4/h6H,2,5,7-9H2,1,3-4H3. The fraction of sp³-hybridized carbons (Fsp3) is 0.778. The number of hydrogen-bond donors (Lipinski definition) is 0. The van der Waals surface area contributed by atoms with Gasteiger partial charge in [0.2, 0.25) is 0 Å². The lowest BCUT2D eigenvalue weighted by molar-refractivity contribution is 0.232. The summed E-state index contributed by atoms with van der Waals surface area (Å²) < 4.78 is 0. The van der Waals surface area contributed by atoms with Crippen LogP contribution in [0.2, 0.25) is 0 Å². The van der Waals surface area contributed by atoms with Crippen LogP contribution >= 0.6 is 0 Å². The highest BCUT2D eigenvalue weighted by Gasteiger charge is 1.97. The van der Waals surface area contributed by atoms with Crippen molar-refractivity contribution in [2.24, 2.45) is 0 Å². The van der Waals surface area contributed by atoms with Crippen LogP contribution in [0.5, 0.6) is 0 Å². The molecule has 0 saturated heterocycles. The molecule has 0 radical (unpaired) electrons. The Balaban J connectivity index is 3.49. The summed E-state index contributed by atoms with van der Waals surface area (Å²) >= 11 is 0. The van der Waals surface area contributed by atoms with Crippen molar-refractivity contribution in [3.63, 3.8) is 0 Å². The van der Waals surface area contributed by atoms with Gasteiger partial charge in [-0.15, -0.1) is 0 Å². The van der Waals surface area contributed by atoms with Gasteiger partial charge in [-0.3, -0.25) is 4.90 Å². The van der Waals surface area contributed by atoms with Crippen LogP contribution < -0.4 is 0 Å². The molecule has 0 unspecified atom stereocenters. The van der Waals surface area contributed by atoms with Crippen molar-refractivity contribution >= 4 is 0 Å². The average Bonchev–Trinajstić information content (AvgIpc) is 1.97. The molecular weight excluding hydrogens is 136 g/mol. The van der Waals surface area contributed by atoms with Gasteiger partial charge in [0, 0.05) is 6.54 Å². The molecule has 0 aliphatic rings. The molecule has 0 aliphatic heterocycles. The van der Waals surface area contributed by atoms with Crippen molar-refractivity contribution in [3.8, 4) is 0 Å². The first-order chi connectivity index (χ1) is 5.20. The van der Waals surface area contributed by atoms with Crippen molar-refractivity contribution in [2.45, 2.75) is 19.8 Å². The Hall–Kier alpha value is -0.500. The maximum atomic E-state index is 3.77. The molecule has 0 N–H and O–H groups in total. The van der Waals surface area contributed by atoms with Crippen LogP contribution in [0.25, 0.3) is 0 Å². The van der Waals surface area contributed by atoms with Crippen molar-refractivity contribution in [1.82, 2.24) is 9.80 Å². The van der Waals surface area contributed by atoms with Crippen molar-refractivity contribution in [2.75, 3.05) is 27.3 Å². The molecule has 0 saturated carbocycles. The molecule has 0 bridgehead atoms. The van der Waals surface area contributed by atoms with Crippen LogP contribution in [-0.4, -0.2) is 37.1 Å². The second-order valence-electron chi connectivity index (χ2n) is 3.07. The first kappa shape index (κ1) is 10.5. The normalized spacial score (nSPS) is 10.2. The molecule has 0 atom stereocenters. The van der Waals surface area contributed by atoms with Gasteiger partial charge in [0.05, 0.1) is 6.67 Å². The van der Waals surface area contributed by atoms with Gasteiger partial charge in [0.25, 0.3) is 0 Å². The molecule has 0 amide bonds. The van der Waals surface area contributed by atoms with E-state index in [1.165, 1.54) is 12.8 Å². The second-order valence-corrected chi connectivity index (χ2v) is 3.07. The molecule has 0 rings (SSSR count). The minimum Gasteiger partial charge on any atom is -0.365 e. The van der Waals surface area contributed by atoms with Crippen molar-refractivity contribution < 1.29 is 0 Å². The summed E-state index contributed by atoms with van der Waals surface area (Å²) in [4.78, 5) is 4.38. The summed E-state index contributed by atoms with van der Waals surface area (Å²) in [6.45, 7) is 8.07. The lowest BCUT2D eigenvalue weighted by atomic mass is 10.3. The third-order valence-corrected chi connectivity index (χ3v) is 1.52. The van der Waals surface area contributed by atoms with Crippen LogP contribution in [-0.2, 0) is 0 Å². The highest BCUT2D eigenvalue weighted by atomic mass is 15.3. The predicted molar refractivity (Wildman–Crippen MR) is 50.4 cm³/mol. The van der Waals surface area contributed by atoms with Gasteiger partial charge in [-0.05, 0) is 26.7 Å². The molecule has 0 aromatic rings. The molecule has 0 heterocycles. The van der Waals surface area contributed by atoms with E-state index in [9.17, 15) is 0 Å². The van der Waals surface area contributed by atoms with E-state index < -0.39 is 0 Å². The van der Waals surface area contributed by atoms with E-state index in [4.69, 9.17) is 0 Å². The quantitative estimate of drug-likeness (QED) is 0.541. The zero-order valence-electron chi connectivity index (χ0n) is 8.01. The minimum atomic E-state index is 0.976. The monoisotopic (exact) mass is 156 g/mol. The van der Waals surface area contributed by atoms with E-state index in [-0.39, 0.29) is 0 Å². The molecule has 11 heavy (non-hydrogen) atoms. The van der Waals surface area contributed by atoms with Crippen LogP contribution in [0.15, 0.2) is 12.8 Å². The molecule has 2 heteroatoms. The number of nitrogens with zero attached hydrogens (tertiary/aromatic N) is 2. The van der Waals surface area contributed by atoms with E-state index in [0.717, 1.165) is 13.2 Å².